The lowest BCUT2D eigenvalue weighted by Gasteiger charge is -2.26. The van der Waals surface area contributed by atoms with Crippen LogP contribution in [0.3, 0.4) is 0 Å². The number of hydrogen-bond donors (Lipinski definition) is 1. The molecule has 1 saturated heterocycles. The minimum absolute atomic E-state index is 0.00649. The number of thiophene rings is 1. The van der Waals surface area contributed by atoms with E-state index in [2.05, 4.69) is 35.0 Å². The molecule has 1 aromatic carbocycles. The first-order valence-corrected chi connectivity index (χ1v) is 9.46. The SMILES string of the molecule is C[C@@H](NC(=O)N1CCC[C@@H]1c1cccs1)c1ccc2c(c1)CCO2. The van der Waals surface area contributed by atoms with Gasteiger partial charge in [0.05, 0.1) is 18.7 Å². The number of carbonyl (C=O) groups is 1. The van der Waals surface area contributed by atoms with Gasteiger partial charge in [0.1, 0.15) is 5.75 Å². The van der Waals surface area contributed by atoms with Crippen molar-refractivity contribution in [1.29, 1.82) is 0 Å². The lowest BCUT2D eigenvalue weighted by molar-refractivity contribution is 0.190. The quantitative estimate of drug-likeness (QED) is 0.904. The minimum Gasteiger partial charge on any atom is -0.493 e. The largest absolute Gasteiger partial charge is 0.493 e. The van der Waals surface area contributed by atoms with Gasteiger partial charge in [-0.15, -0.1) is 11.3 Å². The zero-order chi connectivity index (χ0) is 16.5. The normalized spacial score (nSPS) is 20.5. The molecule has 0 spiro atoms. The van der Waals surface area contributed by atoms with Crippen LogP contribution in [0.2, 0.25) is 0 Å². The molecule has 0 radical (unpaired) electrons. The van der Waals surface area contributed by atoms with E-state index in [-0.39, 0.29) is 18.1 Å². The van der Waals surface area contributed by atoms with Crippen molar-refractivity contribution in [3.63, 3.8) is 0 Å². The van der Waals surface area contributed by atoms with Gasteiger partial charge in [-0.1, -0.05) is 12.1 Å². The van der Waals surface area contributed by atoms with Gasteiger partial charge in [-0.25, -0.2) is 4.79 Å². The zero-order valence-electron chi connectivity index (χ0n) is 13.8. The summed E-state index contributed by atoms with van der Waals surface area (Å²) in [5.41, 5.74) is 2.38. The van der Waals surface area contributed by atoms with Gasteiger partial charge in [-0.2, -0.15) is 0 Å². The number of nitrogens with zero attached hydrogens (tertiary/aromatic N) is 1. The summed E-state index contributed by atoms with van der Waals surface area (Å²) in [7, 11) is 0. The molecular weight excluding hydrogens is 320 g/mol. The van der Waals surface area contributed by atoms with E-state index in [1.165, 1.54) is 10.4 Å². The number of urea groups is 1. The van der Waals surface area contributed by atoms with E-state index in [0.717, 1.165) is 43.7 Å². The number of likely N-dealkylation sites (tertiary alicyclic amines) is 1. The molecular formula is C19H22N2O2S. The summed E-state index contributed by atoms with van der Waals surface area (Å²) >= 11 is 1.73. The fraction of sp³-hybridized carbons (Fsp3) is 0.421. The van der Waals surface area contributed by atoms with Crippen molar-refractivity contribution in [3.05, 3.63) is 51.7 Å². The molecule has 2 atom stereocenters. The predicted molar refractivity (Wildman–Crippen MR) is 95.6 cm³/mol. The maximum absolute atomic E-state index is 12.8. The highest BCUT2D eigenvalue weighted by atomic mass is 32.1. The average molecular weight is 342 g/mol. The fourth-order valence-electron chi connectivity index (χ4n) is 3.61. The van der Waals surface area contributed by atoms with E-state index < -0.39 is 0 Å². The van der Waals surface area contributed by atoms with Crippen LogP contribution in [0.15, 0.2) is 35.7 Å². The van der Waals surface area contributed by atoms with Crippen molar-refractivity contribution in [1.82, 2.24) is 10.2 Å². The number of amides is 2. The summed E-state index contributed by atoms with van der Waals surface area (Å²) in [6, 6.07) is 10.7. The van der Waals surface area contributed by atoms with Gasteiger partial charge < -0.3 is 15.0 Å². The Labute approximate surface area is 146 Å². The highest BCUT2D eigenvalue weighted by molar-refractivity contribution is 7.10. The summed E-state index contributed by atoms with van der Waals surface area (Å²) in [5, 5.41) is 5.25. The molecule has 2 aliphatic rings. The molecule has 2 amide bonds. The number of hydrogen-bond acceptors (Lipinski definition) is 3. The van der Waals surface area contributed by atoms with Crippen LogP contribution in [-0.2, 0) is 6.42 Å². The van der Waals surface area contributed by atoms with Crippen molar-refractivity contribution in [2.45, 2.75) is 38.3 Å². The predicted octanol–water partition coefficient (Wildman–Crippen LogP) is 4.29. The topological polar surface area (TPSA) is 41.6 Å². The molecule has 1 aromatic heterocycles. The number of benzene rings is 1. The molecule has 4 rings (SSSR count). The Morgan fingerprint density at radius 2 is 2.33 bits per heavy atom. The molecule has 3 heterocycles. The molecule has 1 N–H and O–H groups in total. The van der Waals surface area contributed by atoms with Gasteiger partial charge in [0, 0.05) is 17.8 Å². The van der Waals surface area contributed by atoms with Gasteiger partial charge >= 0.3 is 6.03 Å². The van der Waals surface area contributed by atoms with E-state index in [9.17, 15) is 4.79 Å². The maximum Gasteiger partial charge on any atom is 0.318 e. The summed E-state index contributed by atoms with van der Waals surface area (Å²) in [6.07, 6.45) is 3.08. The first-order chi connectivity index (χ1) is 11.7. The van der Waals surface area contributed by atoms with Gasteiger partial charge in [0.15, 0.2) is 0 Å². The monoisotopic (exact) mass is 342 g/mol. The Hall–Kier alpha value is -2.01. The van der Waals surface area contributed by atoms with Crippen molar-refractivity contribution in [2.75, 3.05) is 13.2 Å². The van der Waals surface area contributed by atoms with Crippen molar-refractivity contribution in [2.24, 2.45) is 0 Å². The lowest BCUT2D eigenvalue weighted by atomic mass is 10.0. The van der Waals surface area contributed by atoms with Gasteiger partial charge in [0.2, 0.25) is 0 Å². The smallest absolute Gasteiger partial charge is 0.318 e. The van der Waals surface area contributed by atoms with Gasteiger partial charge in [-0.3, -0.25) is 0 Å². The van der Waals surface area contributed by atoms with Crippen molar-refractivity contribution < 1.29 is 9.53 Å². The summed E-state index contributed by atoms with van der Waals surface area (Å²) in [6.45, 7) is 3.64. The Bertz CT molecular complexity index is 729. The highest BCUT2D eigenvalue weighted by Crippen LogP contribution is 2.35. The molecule has 2 aromatic rings. The third-order valence-electron chi connectivity index (χ3n) is 4.94. The fourth-order valence-corrected chi connectivity index (χ4v) is 4.49. The second kappa shape index (κ2) is 6.48. The van der Waals surface area contributed by atoms with Crippen LogP contribution in [-0.4, -0.2) is 24.1 Å². The maximum atomic E-state index is 12.8. The van der Waals surface area contributed by atoms with Crippen LogP contribution >= 0.6 is 11.3 Å². The molecule has 4 nitrogen and oxygen atoms in total. The molecule has 24 heavy (non-hydrogen) atoms. The van der Waals surface area contributed by atoms with Crippen LogP contribution in [0.1, 0.15) is 47.9 Å². The summed E-state index contributed by atoms with van der Waals surface area (Å²) in [4.78, 5) is 16.0. The van der Waals surface area contributed by atoms with E-state index in [0.29, 0.717) is 0 Å². The van der Waals surface area contributed by atoms with E-state index in [1.807, 2.05) is 17.9 Å². The second-order valence-electron chi connectivity index (χ2n) is 6.50. The van der Waals surface area contributed by atoms with Crippen molar-refractivity contribution in [3.8, 4) is 5.75 Å². The van der Waals surface area contributed by atoms with Gasteiger partial charge in [0.25, 0.3) is 0 Å². The molecule has 0 aliphatic carbocycles. The molecule has 0 unspecified atom stereocenters. The molecule has 5 heteroatoms. The Morgan fingerprint density at radius 3 is 3.17 bits per heavy atom. The molecule has 126 valence electrons. The molecule has 2 aliphatic heterocycles. The first-order valence-electron chi connectivity index (χ1n) is 8.58. The van der Waals surface area contributed by atoms with Crippen LogP contribution in [0.5, 0.6) is 5.75 Å². The Kier molecular flexibility index (Phi) is 4.19. The Morgan fingerprint density at radius 1 is 1.42 bits per heavy atom. The number of rotatable bonds is 3. The third-order valence-corrected chi connectivity index (χ3v) is 5.91. The number of nitrogens with one attached hydrogen (secondary N) is 1. The lowest BCUT2D eigenvalue weighted by Crippen LogP contribution is -2.40. The van der Waals surface area contributed by atoms with Crippen LogP contribution < -0.4 is 10.1 Å². The summed E-state index contributed by atoms with van der Waals surface area (Å²) < 4.78 is 5.56. The van der Waals surface area contributed by atoms with E-state index in [1.54, 1.807) is 11.3 Å². The Balaban J connectivity index is 1.45. The molecule has 0 bridgehead atoms. The average Bonchev–Trinajstić information content (AvgIpc) is 3.32. The number of ether oxygens (including phenoxy) is 1. The van der Waals surface area contributed by atoms with Crippen LogP contribution in [0.25, 0.3) is 0 Å². The van der Waals surface area contributed by atoms with E-state index in [4.69, 9.17) is 4.74 Å². The summed E-state index contributed by atoms with van der Waals surface area (Å²) in [5.74, 6) is 0.981. The van der Waals surface area contributed by atoms with E-state index >= 15 is 0 Å². The standard InChI is InChI=1S/C19H22N2O2S/c1-13(14-6-7-17-15(12-14)8-10-23-17)20-19(22)21-9-2-4-16(21)18-5-3-11-24-18/h3,5-7,11-13,16H,2,4,8-10H2,1H3,(H,20,22)/t13-,16-/m1/s1. The van der Waals surface area contributed by atoms with Crippen molar-refractivity contribution >= 4 is 17.4 Å². The number of fused-ring (bicyclic) bond motifs is 1. The number of carbonyl (C=O) groups excluding carboxylic acids is 1. The van der Waals surface area contributed by atoms with Crippen LogP contribution in [0.4, 0.5) is 4.79 Å². The van der Waals surface area contributed by atoms with Crippen LogP contribution in [0, 0.1) is 0 Å². The zero-order valence-corrected chi connectivity index (χ0v) is 14.6. The first kappa shape index (κ1) is 15.5. The third kappa shape index (κ3) is 2.88. The minimum atomic E-state index is -0.00649. The highest BCUT2D eigenvalue weighted by Gasteiger charge is 2.31. The second-order valence-corrected chi connectivity index (χ2v) is 7.48. The molecule has 0 saturated carbocycles. The molecule has 1 fully saturated rings. The van der Waals surface area contributed by atoms with Gasteiger partial charge in [-0.05, 0) is 54.5 Å².